The van der Waals surface area contributed by atoms with E-state index >= 15 is 0 Å². The van der Waals surface area contributed by atoms with Crippen molar-refractivity contribution in [3.05, 3.63) is 0 Å². The van der Waals surface area contributed by atoms with Gasteiger partial charge in [-0.3, -0.25) is 4.79 Å². The van der Waals surface area contributed by atoms with Gasteiger partial charge in [-0.1, -0.05) is 19.8 Å². The summed E-state index contributed by atoms with van der Waals surface area (Å²) in [4.78, 5) is 27.9. The number of likely N-dealkylation sites (tertiary alicyclic amines) is 1. The molecule has 0 aromatic heterocycles. The van der Waals surface area contributed by atoms with Crippen LogP contribution >= 0.6 is 0 Å². The summed E-state index contributed by atoms with van der Waals surface area (Å²) >= 11 is 0. The van der Waals surface area contributed by atoms with Gasteiger partial charge in [-0.25, -0.2) is 4.79 Å². The zero-order valence-corrected chi connectivity index (χ0v) is 13.3. The first kappa shape index (κ1) is 16.1. The number of amides is 2. The minimum atomic E-state index is -0.748. The molecule has 1 N–H and O–H groups in total. The van der Waals surface area contributed by atoms with Crippen LogP contribution in [0.25, 0.3) is 0 Å². The summed E-state index contributed by atoms with van der Waals surface area (Å²) in [5, 5.41) is 9.53. The van der Waals surface area contributed by atoms with E-state index in [9.17, 15) is 14.7 Å². The van der Waals surface area contributed by atoms with Crippen LogP contribution in [0.3, 0.4) is 0 Å². The molecule has 120 valence electrons. The normalized spacial score (nSPS) is 25.7. The highest BCUT2D eigenvalue weighted by Gasteiger charge is 2.46. The fourth-order valence-corrected chi connectivity index (χ4v) is 3.53. The maximum Gasteiger partial charge on any atom is 0.320 e. The molecule has 1 heterocycles. The smallest absolute Gasteiger partial charge is 0.320 e. The molecular formula is C16H28N2O3. The van der Waals surface area contributed by atoms with Crippen molar-refractivity contribution in [3.8, 4) is 0 Å². The van der Waals surface area contributed by atoms with Gasteiger partial charge in [0.15, 0.2) is 0 Å². The molecule has 5 nitrogen and oxygen atoms in total. The molecule has 2 amide bonds. The molecule has 0 bridgehead atoms. The van der Waals surface area contributed by atoms with Gasteiger partial charge in [-0.2, -0.15) is 0 Å². The predicted octanol–water partition coefficient (Wildman–Crippen LogP) is 2.81. The van der Waals surface area contributed by atoms with E-state index in [-0.39, 0.29) is 6.03 Å². The molecule has 0 radical (unpaired) electrons. The Morgan fingerprint density at radius 2 is 2.05 bits per heavy atom. The number of carbonyl (C=O) groups is 2. The Labute approximate surface area is 127 Å². The molecule has 21 heavy (non-hydrogen) atoms. The van der Waals surface area contributed by atoms with Gasteiger partial charge < -0.3 is 14.9 Å². The van der Waals surface area contributed by atoms with Crippen LogP contribution < -0.4 is 0 Å². The number of carboxylic acids is 1. The summed E-state index contributed by atoms with van der Waals surface area (Å²) in [5.74, 6) is -0.0990. The molecule has 1 unspecified atom stereocenters. The zero-order valence-electron chi connectivity index (χ0n) is 13.3. The van der Waals surface area contributed by atoms with Crippen molar-refractivity contribution in [1.82, 2.24) is 9.80 Å². The largest absolute Gasteiger partial charge is 0.481 e. The van der Waals surface area contributed by atoms with Crippen molar-refractivity contribution in [1.29, 1.82) is 0 Å². The molecule has 1 saturated carbocycles. The van der Waals surface area contributed by atoms with Crippen LogP contribution in [0.4, 0.5) is 4.79 Å². The Morgan fingerprint density at radius 3 is 2.52 bits per heavy atom. The fourth-order valence-electron chi connectivity index (χ4n) is 3.53. The van der Waals surface area contributed by atoms with Crippen molar-refractivity contribution in [2.75, 3.05) is 26.2 Å². The van der Waals surface area contributed by atoms with Gasteiger partial charge in [0, 0.05) is 26.2 Å². The number of nitrogens with zero attached hydrogens (tertiary/aromatic N) is 2. The summed E-state index contributed by atoms with van der Waals surface area (Å²) in [5.41, 5.74) is -0.722. The number of aliphatic carboxylic acids is 1. The summed E-state index contributed by atoms with van der Waals surface area (Å²) < 4.78 is 0. The standard InChI is InChI=1S/C16H28N2O3/c1-3-8-16(14(19)20)9-10-18(12-16)15(21)17(4-2)11-13-6-5-7-13/h13H,3-12H2,1-2H3,(H,19,20). The Morgan fingerprint density at radius 1 is 1.33 bits per heavy atom. The van der Waals surface area contributed by atoms with Crippen molar-refractivity contribution in [2.24, 2.45) is 11.3 Å². The molecule has 1 aliphatic carbocycles. The van der Waals surface area contributed by atoms with E-state index in [0.29, 0.717) is 38.4 Å². The highest BCUT2D eigenvalue weighted by atomic mass is 16.4. The van der Waals surface area contributed by atoms with Crippen LogP contribution in [0, 0.1) is 11.3 Å². The van der Waals surface area contributed by atoms with E-state index in [2.05, 4.69) is 0 Å². The van der Waals surface area contributed by atoms with E-state index < -0.39 is 11.4 Å². The van der Waals surface area contributed by atoms with Gasteiger partial charge in [0.05, 0.1) is 5.41 Å². The Kier molecular flexibility index (Phi) is 5.12. The Hall–Kier alpha value is -1.26. The predicted molar refractivity (Wildman–Crippen MR) is 81.2 cm³/mol. The lowest BCUT2D eigenvalue weighted by molar-refractivity contribution is -0.148. The molecule has 0 spiro atoms. The lowest BCUT2D eigenvalue weighted by Gasteiger charge is -2.34. The number of carbonyl (C=O) groups excluding carboxylic acids is 1. The topological polar surface area (TPSA) is 60.9 Å². The molecule has 2 fully saturated rings. The highest BCUT2D eigenvalue weighted by molar-refractivity contribution is 5.79. The first-order chi connectivity index (χ1) is 10.0. The van der Waals surface area contributed by atoms with Crippen LogP contribution in [-0.2, 0) is 4.79 Å². The molecule has 0 aromatic rings. The quantitative estimate of drug-likeness (QED) is 0.820. The molecule has 2 rings (SSSR count). The number of rotatable bonds is 6. The third kappa shape index (κ3) is 3.33. The van der Waals surface area contributed by atoms with E-state index in [1.54, 1.807) is 4.90 Å². The molecular weight excluding hydrogens is 268 g/mol. The second kappa shape index (κ2) is 6.67. The molecule has 1 aliphatic heterocycles. The van der Waals surface area contributed by atoms with Crippen molar-refractivity contribution in [3.63, 3.8) is 0 Å². The number of hydrogen-bond acceptors (Lipinski definition) is 2. The van der Waals surface area contributed by atoms with Gasteiger partial charge in [0.2, 0.25) is 0 Å². The molecule has 2 aliphatic rings. The fraction of sp³-hybridized carbons (Fsp3) is 0.875. The van der Waals surface area contributed by atoms with Gasteiger partial charge in [0.25, 0.3) is 0 Å². The van der Waals surface area contributed by atoms with E-state index in [4.69, 9.17) is 0 Å². The lowest BCUT2D eigenvalue weighted by atomic mass is 9.83. The number of carboxylic acid groups (broad SMARTS) is 1. The maximum absolute atomic E-state index is 12.6. The van der Waals surface area contributed by atoms with Crippen LogP contribution in [0.5, 0.6) is 0 Å². The second-order valence-electron chi connectivity index (χ2n) is 6.63. The first-order valence-corrected chi connectivity index (χ1v) is 8.29. The van der Waals surface area contributed by atoms with Gasteiger partial charge in [-0.15, -0.1) is 0 Å². The van der Waals surface area contributed by atoms with E-state index in [0.717, 1.165) is 13.0 Å². The van der Waals surface area contributed by atoms with E-state index in [1.165, 1.54) is 19.3 Å². The van der Waals surface area contributed by atoms with Crippen LogP contribution in [0.15, 0.2) is 0 Å². The third-order valence-electron chi connectivity index (χ3n) is 5.16. The third-order valence-corrected chi connectivity index (χ3v) is 5.16. The summed E-state index contributed by atoms with van der Waals surface area (Å²) in [7, 11) is 0. The second-order valence-corrected chi connectivity index (χ2v) is 6.63. The minimum absolute atomic E-state index is 0.0311. The molecule has 0 aromatic carbocycles. The van der Waals surface area contributed by atoms with Gasteiger partial charge in [0.1, 0.15) is 0 Å². The minimum Gasteiger partial charge on any atom is -0.481 e. The average molecular weight is 296 g/mol. The van der Waals surface area contributed by atoms with Gasteiger partial charge in [-0.05, 0) is 38.5 Å². The molecule has 5 heteroatoms. The molecule has 1 saturated heterocycles. The zero-order chi connectivity index (χ0) is 15.5. The Balaban J connectivity index is 1.97. The van der Waals surface area contributed by atoms with Crippen LogP contribution in [-0.4, -0.2) is 53.1 Å². The maximum atomic E-state index is 12.6. The number of urea groups is 1. The SMILES string of the molecule is CCCC1(C(=O)O)CCN(C(=O)N(CC)CC2CCC2)C1. The monoisotopic (exact) mass is 296 g/mol. The van der Waals surface area contributed by atoms with E-state index in [1.807, 2.05) is 18.7 Å². The summed E-state index contributed by atoms with van der Waals surface area (Å²) in [6.45, 7) is 6.50. The highest BCUT2D eigenvalue weighted by Crippen LogP contribution is 2.36. The average Bonchev–Trinajstić information content (AvgIpc) is 2.83. The summed E-state index contributed by atoms with van der Waals surface area (Å²) in [6.07, 6.45) is 5.80. The first-order valence-electron chi connectivity index (χ1n) is 8.29. The van der Waals surface area contributed by atoms with Crippen molar-refractivity contribution in [2.45, 2.75) is 52.4 Å². The lowest BCUT2D eigenvalue weighted by Crippen LogP contribution is -2.46. The van der Waals surface area contributed by atoms with Crippen LogP contribution in [0.1, 0.15) is 52.4 Å². The van der Waals surface area contributed by atoms with Crippen molar-refractivity contribution >= 4 is 12.0 Å². The summed E-state index contributed by atoms with van der Waals surface area (Å²) in [6, 6.07) is 0.0311. The van der Waals surface area contributed by atoms with Crippen LogP contribution in [0.2, 0.25) is 0 Å². The Bertz CT molecular complexity index is 395. The van der Waals surface area contributed by atoms with Crippen molar-refractivity contribution < 1.29 is 14.7 Å². The van der Waals surface area contributed by atoms with Gasteiger partial charge >= 0.3 is 12.0 Å². The number of hydrogen-bond donors (Lipinski definition) is 1. The molecule has 1 atom stereocenters.